The number of hydrogen-bond donors (Lipinski definition) is 2. The zero-order chi connectivity index (χ0) is 24.0. The number of rotatable bonds is 4. The second kappa shape index (κ2) is 8.22. The Morgan fingerprint density at radius 3 is 2.27 bits per heavy atom. The molecule has 11 heteroatoms. The number of aliphatic hydroxyl groups is 1. The van der Waals surface area contributed by atoms with Gasteiger partial charge in [0, 0.05) is 17.5 Å². The molecule has 0 saturated carbocycles. The molecule has 1 aliphatic heterocycles. The standard InChI is InChI=1S/C22H15F6N3OS/c23-21(24,25)14-6-4-13(5-7-14)16-11-33-20(30-16)18-17(32)10-31(19(18)29)9-12-2-1-3-15(8-12)22(26,27)28/h1-8,11,29,32H,9-10H2. The lowest BCUT2D eigenvalue weighted by Crippen LogP contribution is -2.26. The van der Waals surface area contributed by atoms with Gasteiger partial charge in [-0.1, -0.05) is 24.3 Å². The van der Waals surface area contributed by atoms with Gasteiger partial charge in [-0.3, -0.25) is 5.41 Å². The molecule has 2 heterocycles. The Kier molecular flexibility index (Phi) is 5.69. The van der Waals surface area contributed by atoms with Gasteiger partial charge in [-0.2, -0.15) is 26.3 Å². The largest absolute Gasteiger partial charge is 0.510 e. The third-order valence-corrected chi connectivity index (χ3v) is 5.90. The van der Waals surface area contributed by atoms with Gasteiger partial charge in [0.2, 0.25) is 0 Å². The zero-order valence-electron chi connectivity index (χ0n) is 16.6. The number of benzene rings is 2. The lowest BCUT2D eigenvalue weighted by Gasteiger charge is -2.19. The van der Waals surface area contributed by atoms with Crippen LogP contribution in [0, 0.1) is 5.41 Å². The molecule has 0 unspecified atom stereocenters. The lowest BCUT2D eigenvalue weighted by molar-refractivity contribution is -0.138. The second-order valence-corrected chi connectivity index (χ2v) is 8.20. The predicted octanol–water partition coefficient (Wildman–Crippen LogP) is 6.61. The molecule has 172 valence electrons. The first-order chi connectivity index (χ1) is 15.4. The minimum atomic E-state index is -4.49. The average Bonchev–Trinajstić information content (AvgIpc) is 3.31. The Morgan fingerprint density at radius 2 is 1.64 bits per heavy atom. The third-order valence-electron chi connectivity index (χ3n) is 5.04. The van der Waals surface area contributed by atoms with E-state index in [1.165, 1.54) is 29.2 Å². The summed E-state index contributed by atoms with van der Waals surface area (Å²) in [6, 6.07) is 9.20. The summed E-state index contributed by atoms with van der Waals surface area (Å²) in [6.45, 7) is -0.0902. The summed E-state index contributed by atoms with van der Waals surface area (Å²) < 4.78 is 77.2. The summed E-state index contributed by atoms with van der Waals surface area (Å²) in [5.41, 5.74) is -0.295. The molecule has 1 aliphatic rings. The van der Waals surface area contributed by atoms with Crippen molar-refractivity contribution in [2.45, 2.75) is 18.9 Å². The maximum Gasteiger partial charge on any atom is 0.416 e. The van der Waals surface area contributed by atoms with Gasteiger partial charge in [-0.05, 0) is 29.8 Å². The Morgan fingerprint density at radius 1 is 0.970 bits per heavy atom. The molecule has 0 amide bonds. The van der Waals surface area contributed by atoms with Crippen LogP contribution in [0.25, 0.3) is 16.8 Å². The van der Waals surface area contributed by atoms with Crippen LogP contribution in [0.2, 0.25) is 0 Å². The van der Waals surface area contributed by atoms with Crippen LogP contribution in [0.4, 0.5) is 26.3 Å². The first-order valence-electron chi connectivity index (χ1n) is 9.49. The Balaban J connectivity index is 1.52. The number of aromatic nitrogens is 1. The van der Waals surface area contributed by atoms with Crippen LogP contribution in [0.3, 0.4) is 0 Å². The maximum atomic E-state index is 13.0. The molecule has 4 rings (SSSR count). The summed E-state index contributed by atoms with van der Waals surface area (Å²) in [6.07, 6.45) is -8.94. The molecule has 0 aliphatic carbocycles. The van der Waals surface area contributed by atoms with Crippen molar-refractivity contribution in [2.24, 2.45) is 0 Å². The quantitative estimate of drug-likeness (QED) is 0.411. The van der Waals surface area contributed by atoms with Crippen LogP contribution in [-0.2, 0) is 18.9 Å². The van der Waals surface area contributed by atoms with E-state index < -0.39 is 23.5 Å². The number of thiazole rings is 1. The highest BCUT2D eigenvalue weighted by molar-refractivity contribution is 7.11. The van der Waals surface area contributed by atoms with Crippen molar-refractivity contribution in [2.75, 3.05) is 6.54 Å². The fourth-order valence-corrected chi connectivity index (χ4v) is 4.31. The van der Waals surface area contributed by atoms with Crippen molar-refractivity contribution in [1.29, 1.82) is 5.41 Å². The summed E-state index contributed by atoms with van der Waals surface area (Å²) >= 11 is 1.11. The third kappa shape index (κ3) is 4.72. The fraction of sp³-hybridized carbons (Fsp3) is 0.182. The molecule has 4 nitrogen and oxygen atoms in total. The molecular formula is C22H15F6N3OS. The van der Waals surface area contributed by atoms with Gasteiger partial charge in [0.1, 0.15) is 16.6 Å². The Bertz CT molecular complexity index is 1230. The maximum absolute atomic E-state index is 13.0. The van der Waals surface area contributed by atoms with Crippen molar-refractivity contribution in [1.82, 2.24) is 9.88 Å². The van der Waals surface area contributed by atoms with Crippen LogP contribution in [-0.4, -0.2) is 27.4 Å². The molecule has 0 radical (unpaired) electrons. The van der Waals surface area contributed by atoms with Crippen LogP contribution in [0.1, 0.15) is 21.7 Å². The van der Waals surface area contributed by atoms with E-state index in [4.69, 9.17) is 5.41 Å². The molecule has 2 N–H and O–H groups in total. The molecule has 0 atom stereocenters. The first-order valence-corrected chi connectivity index (χ1v) is 10.4. The van der Waals surface area contributed by atoms with Crippen molar-refractivity contribution >= 4 is 22.7 Å². The van der Waals surface area contributed by atoms with Crippen molar-refractivity contribution in [3.05, 3.63) is 81.4 Å². The summed E-state index contributed by atoms with van der Waals surface area (Å²) in [5.74, 6) is -0.251. The number of amidine groups is 1. The number of nitrogens with one attached hydrogen (secondary N) is 1. The topological polar surface area (TPSA) is 60.2 Å². The summed E-state index contributed by atoms with van der Waals surface area (Å²) in [7, 11) is 0. The molecular weight excluding hydrogens is 468 g/mol. The molecule has 0 spiro atoms. The van der Waals surface area contributed by atoms with Crippen LogP contribution in [0.5, 0.6) is 0 Å². The van der Waals surface area contributed by atoms with Gasteiger partial charge in [-0.25, -0.2) is 4.98 Å². The normalized spacial score (nSPS) is 15.0. The van der Waals surface area contributed by atoms with E-state index in [1.54, 1.807) is 5.38 Å². The minimum Gasteiger partial charge on any atom is -0.510 e. The highest BCUT2D eigenvalue weighted by atomic mass is 32.1. The molecule has 33 heavy (non-hydrogen) atoms. The number of halogens is 6. The SMILES string of the molecule is N=C1C(c2nc(-c3ccc(C(F)(F)F)cc3)cs2)=C(O)CN1Cc1cccc(C(F)(F)F)c1. The van der Waals surface area contributed by atoms with Crippen molar-refractivity contribution < 1.29 is 31.4 Å². The van der Waals surface area contributed by atoms with E-state index in [9.17, 15) is 31.4 Å². The van der Waals surface area contributed by atoms with Gasteiger partial charge in [0.05, 0.1) is 28.9 Å². The number of nitrogens with zero attached hydrogens (tertiary/aromatic N) is 2. The van der Waals surface area contributed by atoms with E-state index in [0.717, 1.165) is 35.6 Å². The van der Waals surface area contributed by atoms with E-state index in [1.807, 2.05) is 0 Å². The van der Waals surface area contributed by atoms with Crippen molar-refractivity contribution in [3.8, 4) is 11.3 Å². The smallest absolute Gasteiger partial charge is 0.416 e. The van der Waals surface area contributed by atoms with Gasteiger partial charge >= 0.3 is 12.4 Å². The average molecular weight is 483 g/mol. The molecule has 0 fully saturated rings. The first kappa shape index (κ1) is 22.8. The fourth-order valence-electron chi connectivity index (χ4n) is 3.41. The second-order valence-electron chi connectivity index (χ2n) is 7.34. The predicted molar refractivity (Wildman–Crippen MR) is 112 cm³/mol. The zero-order valence-corrected chi connectivity index (χ0v) is 17.4. The highest BCUT2D eigenvalue weighted by Gasteiger charge is 2.33. The summed E-state index contributed by atoms with van der Waals surface area (Å²) in [5, 5.41) is 20.7. The van der Waals surface area contributed by atoms with Crippen LogP contribution in [0.15, 0.2) is 59.7 Å². The van der Waals surface area contributed by atoms with E-state index in [0.29, 0.717) is 21.8 Å². The monoisotopic (exact) mass is 483 g/mol. The van der Waals surface area contributed by atoms with Crippen LogP contribution < -0.4 is 0 Å². The molecule has 0 saturated heterocycles. The van der Waals surface area contributed by atoms with Gasteiger partial charge in [0.15, 0.2) is 0 Å². The lowest BCUT2D eigenvalue weighted by atomic mass is 10.1. The summed E-state index contributed by atoms with van der Waals surface area (Å²) in [4.78, 5) is 5.76. The van der Waals surface area contributed by atoms with E-state index in [-0.39, 0.29) is 30.3 Å². The number of hydrogen-bond acceptors (Lipinski definition) is 4. The number of alkyl halides is 6. The van der Waals surface area contributed by atoms with E-state index in [2.05, 4.69) is 4.98 Å². The van der Waals surface area contributed by atoms with Gasteiger partial charge < -0.3 is 10.0 Å². The number of aliphatic hydroxyl groups excluding tert-OH is 1. The van der Waals surface area contributed by atoms with Crippen molar-refractivity contribution in [3.63, 3.8) is 0 Å². The molecule has 2 aromatic carbocycles. The molecule has 3 aromatic rings. The molecule has 0 bridgehead atoms. The Hall–Kier alpha value is -3.34. The minimum absolute atomic E-state index is 0.0204. The Labute approximate surface area is 187 Å². The van der Waals surface area contributed by atoms with Gasteiger partial charge in [-0.15, -0.1) is 11.3 Å². The van der Waals surface area contributed by atoms with Gasteiger partial charge in [0.25, 0.3) is 0 Å². The molecule has 1 aromatic heterocycles. The van der Waals surface area contributed by atoms with E-state index >= 15 is 0 Å². The highest BCUT2D eigenvalue weighted by Crippen LogP contribution is 2.35. The van der Waals surface area contributed by atoms with Crippen LogP contribution >= 0.6 is 11.3 Å².